The predicted molar refractivity (Wildman–Crippen MR) is 121 cm³/mol. The Kier molecular flexibility index (Phi) is 7.54. The molecular weight excluding hydrogens is 398 g/mol. The molecule has 0 spiro atoms. The van der Waals surface area contributed by atoms with Crippen LogP contribution in [0.25, 0.3) is 11.8 Å². The number of rotatable bonds is 9. The van der Waals surface area contributed by atoms with Crippen LogP contribution in [0.4, 0.5) is 0 Å². The molecule has 7 heteroatoms. The Hall–Kier alpha value is -2.77. The fourth-order valence-corrected chi connectivity index (χ4v) is 3.91. The van der Waals surface area contributed by atoms with Gasteiger partial charge in [0.25, 0.3) is 0 Å². The van der Waals surface area contributed by atoms with Crippen molar-refractivity contribution in [3.05, 3.63) is 65.5 Å². The van der Waals surface area contributed by atoms with Gasteiger partial charge in [0.2, 0.25) is 0 Å². The van der Waals surface area contributed by atoms with Gasteiger partial charge in [0.05, 0.1) is 13.2 Å². The van der Waals surface area contributed by atoms with E-state index in [2.05, 4.69) is 29.3 Å². The molecule has 0 amide bonds. The van der Waals surface area contributed by atoms with Crippen molar-refractivity contribution in [2.75, 3.05) is 19.5 Å². The fourth-order valence-electron chi connectivity index (χ4n) is 3.01. The number of aliphatic hydroxyl groups is 1. The van der Waals surface area contributed by atoms with Crippen molar-refractivity contribution in [1.82, 2.24) is 14.8 Å². The summed E-state index contributed by atoms with van der Waals surface area (Å²) >= 11 is 1.45. The van der Waals surface area contributed by atoms with E-state index in [4.69, 9.17) is 9.47 Å². The Labute approximate surface area is 181 Å². The molecule has 0 aliphatic heterocycles. The van der Waals surface area contributed by atoms with E-state index in [1.165, 1.54) is 17.3 Å². The minimum Gasteiger partial charge on any atom is -0.493 e. The number of nitrogens with zero attached hydrogens (tertiary/aromatic N) is 3. The van der Waals surface area contributed by atoms with Gasteiger partial charge in [0.15, 0.2) is 16.7 Å². The smallest absolute Gasteiger partial charge is 0.195 e. The number of aromatic nitrogens is 3. The second kappa shape index (κ2) is 10.3. The van der Waals surface area contributed by atoms with E-state index in [0.717, 1.165) is 22.2 Å². The van der Waals surface area contributed by atoms with Crippen LogP contribution in [0.15, 0.2) is 53.7 Å². The van der Waals surface area contributed by atoms with Crippen LogP contribution in [0, 0.1) is 13.8 Å². The molecule has 0 saturated heterocycles. The summed E-state index contributed by atoms with van der Waals surface area (Å²) < 4.78 is 13.2. The zero-order valence-electron chi connectivity index (χ0n) is 17.7. The lowest BCUT2D eigenvalue weighted by Crippen LogP contribution is -2.20. The molecule has 0 fully saturated rings. The lowest BCUT2D eigenvalue weighted by atomic mass is 10.2. The number of methoxy groups -OCH3 is 1. The van der Waals surface area contributed by atoms with Gasteiger partial charge < -0.3 is 14.6 Å². The Morgan fingerprint density at radius 1 is 1.13 bits per heavy atom. The highest BCUT2D eigenvalue weighted by Gasteiger charge is 2.15. The molecule has 3 aromatic rings. The van der Waals surface area contributed by atoms with E-state index in [1.54, 1.807) is 7.11 Å². The first kappa shape index (κ1) is 21.9. The standard InChI is InChI=1S/C23H27N3O3S/c1-5-7-18-10-11-21(22(13-18)28-4)29-14-20(27)15-30-23-25-24-17(3)26(23)19-9-6-8-16(2)12-19/h5-13,20,27H,14-15H2,1-4H3/b7-5+. The fraction of sp³-hybridized carbons (Fsp3) is 0.304. The van der Waals surface area contributed by atoms with Crippen molar-refractivity contribution in [3.8, 4) is 17.2 Å². The van der Waals surface area contributed by atoms with Gasteiger partial charge in [-0.05, 0) is 56.2 Å². The quantitative estimate of drug-likeness (QED) is 0.511. The minimum atomic E-state index is -0.669. The number of thioether (sulfide) groups is 1. The van der Waals surface area contributed by atoms with Gasteiger partial charge in [-0.2, -0.15) is 0 Å². The summed E-state index contributed by atoms with van der Waals surface area (Å²) in [7, 11) is 1.61. The number of allylic oxidation sites excluding steroid dienone is 1. The molecule has 0 saturated carbocycles. The molecule has 30 heavy (non-hydrogen) atoms. The summed E-state index contributed by atoms with van der Waals surface area (Å²) in [5, 5.41) is 19.6. The lowest BCUT2D eigenvalue weighted by molar-refractivity contribution is 0.124. The SMILES string of the molecule is C/C=C/c1ccc(OCC(O)CSc2nnc(C)n2-c2cccc(C)c2)c(OC)c1. The van der Waals surface area contributed by atoms with E-state index in [9.17, 15) is 5.11 Å². The summed E-state index contributed by atoms with van der Waals surface area (Å²) in [6.07, 6.45) is 3.29. The van der Waals surface area contributed by atoms with Crippen molar-refractivity contribution in [1.29, 1.82) is 0 Å². The monoisotopic (exact) mass is 425 g/mol. The second-order valence-corrected chi connectivity index (χ2v) is 7.88. The van der Waals surface area contributed by atoms with Crippen molar-refractivity contribution in [2.45, 2.75) is 32.0 Å². The Bertz CT molecular complexity index is 1020. The van der Waals surface area contributed by atoms with Gasteiger partial charge in [0.1, 0.15) is 12.4 Å². The van der Waals surface area contributed by atoms with Crippen LogP contribution in [0.5, 0.6) is 11.5 Å². The van der Waals surface area contributed by atoms with Crippen LogP contribution >= 0.6 is 11.8 Å². The molecule has 1 N–H and O–H groups in total. The van der Waals surface area contributed by atoms with E-state index in [-0.39, 0.29) is 6.61 Å². The average Bonchev–Trinajstić information content (AvgIpc) is 3.11. The van der Waals surface area contributed by atoms with Crippen LogP contribution < -0.4 is 9.47 Å². The number of hydrogen-bond acceptors (Lipinski definition) is 6. The van der Waals surface area contributed by atoms with Crippen molar-refractivity contribution >= 4 is 17.8 Å². The van der Waals surface area contributed by atoms with Gasteiger partial charge in [0, 0.05) is 11.4 Å². The molecular formula is C23H27N3O3S. The van der Waals surface area contributed by atoms with Crippen LogP contribution in [-0.2, 0) is 0 Å². The summed E-state index contributed by atoms with van der Waals surface area (Å²) in [6, 6.07) is 13.9. The largest absolute Gasteiger partial charge is 0.493 e. The third-order valence-electron chi connectivity index (χ3n) is 4.44. The number of hydrogen-bond donors (Lipinski definition) is 1. The number of aliphatic hydroxyl groups excluding tert-OH is 1. The molecule has 1 unspecified atom stereocenters. The Balaban J connectivity index is 1.62. The first-order valence-corrected chi connectivity index (χ1v) is 10.7. The maximum absolute atomic E-state index is 10.4. The van der Waals surface area contributed by atoms with E-state index < -0.39 is 6.10 Å². The highest BCUT2D eigenvalue weighted by Crippen LogP contribution is 2.29. The third kappa shape index (κ3) is 5.43. The molecule has 3 rings (SSSR count). The van der Waals surface area contributed by atoms with Crippen LogP contribution in [-0.4, -0.2) is 45.4 Å². The summed E-state index contributed by atoms with van der Waals surface area (Å²) in [6.45, 7) is 6.09. The number of ether oxygens (including phenoxy) is 2. The van der Waals surface area contributed by atoms with Gasteiger partial charge in [-0.3, -0.25) is 4.57 Å². The normalized spacial score (nSPS) is 12.3. The molecule has 0 radical (unpaired) electrons. The van der Waals surface area contributed by atoms with E-state index >= 15 is 0 Å². The zero-order valence-corrected chi connectivity index (χ0v) is 18.5. The van der Waals surface area contributed by atoms with E-state index in [0.29, 0.717) is 17.3 Å². The predicted octanol–water partition coefficient (Wildman–Crippen LogP) is 4.46. The maximum Gasteiger partial charge on any atom is 0.195 e. The van der Waals surface area contributed by atoms with Gasteiger partial charge >= 0.3 is 0 Å². The first-order chi connectivity index (χ1) is 14.5. The minimum absolute atomic E-state index is 0.157. The van der Waals surface area contributed by atoms with E-state index in [1.807, 2.05) is 60.9 Å². The summed E-state index contributed by atoms with van der Waals surface area (Å²) in [4.78, 5) is 0. The molecule has 158 valence electrons. The highest BCUT2D eigenvalue weighted by atomic mass is 32.2. The van der Waals surface area contributed by atoms with Gasteiger partial charge in [-0.1, -0.05) is 42.1 Å². The number of benzene rings is 2. The molecule has 6 nitrogen and oxygen atoms in total. The number of aryl methyl sites for hydroxylation is 2. The maximum atomic E-state index is 10.4. The molecule has 1 atom stereocenters. The molecule has 2 aromatic carbocycles. The average molecular weight is 426 g/mol. The van der Waals surface area contributed by atoms with Gasteiger partial charge in [-0.15, -0.1) is 10.2 Å². The summed E-state index contributed by atoms with van der Waals surface area (Å²) in [5.74, 6) is 2.48. The Morgan fingerprint density at radius 2 is 1.97 bits per heavy atom. The highest BCUT2D eigenvalue weighted by molar-refractivity contribution is 7.99. The Morgan fingerprint density at radius 3 is 2.70 bits per heavy atom. The topological polar surface area (TPSA) is 69.4 Å². The molecule has 1 aromatic heterocycles. The van der Waals surface area contributed by atoms with Gasteiger partial charge in [-0.25, -0.2) is 0 Å². The van der Waals surface area contributed by atoms with Crippen LogP contribution in [0.2, 0.25) is 0 Å². The first-order valence-electron chi connectivity index (χ1n) is 9.75. The van der Waals surface area contributed by atoms with Crippen LogP contribution in [0.3, 0.4) is 0 Å². The molecule has 1 heterocycles. The molecule has 0 aliphatic rings. The zero-order chi connectivity index (χ0) is 21.5. The molecule has 0 aliphatic carbocycles. The third-order valence-corrected chi connectivity index (χ3v) is 5.51. The lowest BCUT2D eigenvalue weighted by Gasteiger charge is -2.15. The van der Waals surface area contributed by atoms with Crippen LogP contribution in [0.1, 0.15) is 23.9 Å². The van der Waals surface area contributed by atoms with Crippen molar-refractivity contribution in [3.63, 3.8) is 0 Å². The summed E-state index contributed by atoms with van der Waals surface area (Å²) in [5.41, 5.74) is 3.21. The molecule has 0 bridgehead atoms. The van der Waals surface area contributed by atoms with Crippen molar-refractivity contribution < 1.29 is 14.6 Å². The second-order valence-electron chi connectivity index (χ2n) is 6.89. The van der Waals surface area contributed by atoms with Crippen molar-refractivity contribution in [2.24, 2.45) is 0 Å².